The van der Waals surface area contributed by atoms with Gasteiger partial charge in [-0.2, -0.15) is 0 Å². The second-order valence-corrected chi connectivity index (χ2v) is 6.18. The minimum atomic E-state index is 0.433. The maximum absolute atomic E-state index is 5.70. The van der Waals surface area contributed by atoms with Crippen molar-refractivity contribution < 1.29 is 0 Å². The van der Waals surface area contributed by atoms with Crippen LogP contribution in [0.5, 0.6) is 0 Å². The quantitative estimate of drug-likeness (QED) is 0.907. The number of thiophene rings is 1. The fraction of sp³-hybridized carbons (Fsp3) is 0.231. The molecule has 2 rings (SSSR count). The van der Waals surface area contributed by atoms with E-state index in [4.69, 9.17) is 5.73 Å². The summed E-state index contributed by atoms with van der Waals surface area (Å²) in [6.07, 6.45) is 0.997. The molecule has 1 heterocycles. The molecule has 1 atom stereocenters. The van der Waals surface area contributed by atoms with Crippen LogP contribution in [0, 0.1) is 0 Å². The molecule has 16 heavy (non-hydrogen) atoms. The lowest BCUT2D eigenvalue weighted by molar-refractivity contribution is 0.737. The molecule has 0 radical (unpaired) electrons. The van der Waals surface area contributed by atoms with Crippen molar-refractivity contribution in [3.05, 3.63) is 56.7 Å². The summed E-state index contributed by atoms with van der Waals surface area (Å²) in [5.41, 5.74) is 7.05. The molecule has 0 saturated heterocycles. The predicted molar refractivity (Wildman–Crippen MR) is 74.0 cm³/mol. The van der Waals surface area contributed by atoms with Crippen molar-refractivity contribution in [2.45, 2.75) is 12.3 Å². The van der Waals surface area contributed by atoms with Crippen LogP contribution < -0.4 is 5.73 Å². The Kier molecular flexibility index (Phi) is 4.16. The van der Waals surface area contributed by atoms with Gasteiger partial charge >= 0.3 is 0 Å². The van der Waals surface area contributed by atoms with Gasteiger partial charge in [0.05, 0.1) is 3.79 Å². The molecule has 84 valence electrons. The third kappa shape index (κ3) is 2.73. The van der Waals surface area contributed by atoms with Gasteiger partial charge in [0, 0.05) is 10.8 Å². The van der Waals surface area contributed by atoms with Crippen LogP contribution in [0.3, 0.4) is 0 Å². The van der Waals surface area contributed by atoms with Crippen LogP contribution in [-0.4, -0.2) is 6.54 Å². The van der Waals surface area contributed by atoms with Crippen molar-refractivity contribution in [1.29, 1.82) is 0 Å². The number of rotatable bonds is 4. The first-order valence-corrected chi connectivity index (χ1v) is 6.92. The largest absolute Gasteiger partial charge is 0.330 e. The van der Waals surface area contributed by atoms with Crippen molar-refractivity contribution in [3.63, 3.8) is 0 Å². The van der Waals surface area contributed by atoms with Crippen LogP contribution >= 0.6 is 27.3 Å². The number of benzene rings is 1. The van der Waals surface area contributed by atoms with E-state index in [1.165, 1.54) is 14.2 Å². The monoisotopic (exact) mass is 295 g/mol. The first-order chi connectivity index (χ1) is 7.81. The van der Waals surface area contributed by atoms with Gasteiger partial charge in [-0.3, -0.25) is 0 Å². The number of hydrogen-bond acceptors (Lipinski definition) is 2. The van der Waals surface area contributed by atoms with Gasteiger partial charge in [0.1, 0.15) is 0 Å². The topological polar surface area (TPSA) is 26.0 Å². The van der Waals surface area contributed by atoms with E-state index in [0.29, 0.717) is 5.92 Å². The summed E-state index contributed by atoms with van der Waals surface area (Å²) in [5, 5.41) is 0. The highest BCUT2D eigenvalue weighted by Gasteiger charge is 2.14. The summed E-state index contributed by atoms with van der Waals surface area (Å²) in [4.78, 5) is 1.38. The Labute approximate surface area is 108 Å². The van der Waals surface area contributed by atoms with Crippen LogP contribution in [0.25, 0.3) is 0 Å². The average molecular weight is 296 g/mol. The zero-order valence-corrected chi connectivity index (χ0v) is 11.3. The zero-order chi connectivity index (χ0) is 11.4. The molecule has 1 aromatic heterocycles. The molecule has 0 amide bonds. The Morgan fingerprint density at radius 1 is 1.12 bits per heavy atom. The van der Waals surface area contributed by atoms with Gasteiger partial charge in [0.15, 0.2) is 0 Å². The van der Waals surface area contributed by atoms with Crippen molar-refractivity contribution in [2.75, 3.05) is 6.54 Å². The van der Waals surface area contributed by atoms with Crippen LogP contribution in [-0.2, 0) is 0 Å². The minimum absolute atomic E-state index is 0.433. The van der Waals surface area contributed by atoms with Gasteiger partial charge in [0.25, 0.3) is 0 Å². The van der Waals surface area contributed by atoms with Gasteiger partial charge < -0.3 is 5.73 Å². The highest BCUT2D eigenvalue weighted by Crippen LogP contribution is 2.34. The molecule has 0 saturated carbocycles. The highest BCUT2D eigenvalue weighted by molar-refractivity contribution is 9.11. The van der Waals surface area contributed by atoms with E-state index < -0.39 is 0 Å². The van der Waals surface area contributed by atoms with Gasteiger partial charge in [-0.05, 0) is 46.6 Å². The SMILES string of the molecule is NCCC(c1ccccc1)c1ccc(Br)s1. The van der Waals surface area contributed by atoms with Crippen LogP contribution in [0.2, 0.25) is 0 Å². The summed E-state index contributed by atoms with van der Waals surface area (Å²) in [7, 11) is 0. The second kappa shape index (κ2) is 5.62. The lowest BCUT2D eigenvalue weighted by atomic mass is 9.94. The fourth-order valence-electron chi connectivity index (χ4n) is 1.84. The molecular weight excluding hydrogens is 282 g/mol. The maximum Gasteiger partial charge on any atom is 0.0701 e. The molecule has 1 aromatic carbocycles. The zero-order valence-electron chi connectivity index (χ0n) is 8.90. The summed E-state index contributed by atoms with van der Waals surface area (Å²) >= 11 is 5.30. The number of nitrogens with two attached hydrogens (primary N) is 1. The standard InChI is InChI=1S/C13H14BrNS/c14-13-7-6-12(16-13)11(8-9-15)10-4-2-1-3-5-10/h1-7,11H,8-9,15H2. The molecule has 0 aliphatic carbocycles. The Hall–Kier alpha value is -0.640. The normalized spacial score (nSPS) is 12.6. The van der Waals surface area contributed by atoms with Crippen LogP contribution in [0.15, 0.2) is 46.3 Å². The van der Waals surface area contributed by atoms with E-state index in [1.807, 2.05) is 6.07 Å². The van der Waals surface area contributed by atoms with Gasteiger partial charge in [-0.1, -0.05) is 30.3 Å². The predicted octanol–water partition coefficient (Wildman–Crippen LogP) is 3.99. The first-order valence-electron chi connectivity index (χ1n) is 5.31. The highest BCUT2D eigenvalue weighted by atomic mass is 79.9. The van der Waals surface area contributed by atoms with E-state index in [9.17, 15) is 0 Å². The van der Waals surface area contributed by atoms with Gasteiger partial charge in [-0.25, -0.2) is 0 Å². The average Bonchev–Trinajstić information content (AvgIpc) is 2.74. The molecule has 2 aromatic rings. The number of hydrogen-bond donors (Lipinski definition) is 1. The second-order valence-electron chi connectivity index (χ2n) is 3.68. The van der Waals surface area contributed by atoms with Crippen LogP contribution in [0.4, 0.5) is 0 Å². The van der Waals surface area contributed by atoms with Crippen molar-refractivity contribution in [1.82, 2.24) is 0 Å². The minimum Gasteiger partial charge on any atom is -0.330 e. The summed E-state index contributed by atoms with van der Waals surface area (Å²) in [6, 6.07) is 14.9. The van der Waals surface area contributed by atoms with E-state index in [0.717, 1.165) is 13.0 Å². The van der Waals surface area contributed by atoms with Gasteiger partial charge in [-0.15, -0.1) is 11.3 Å². The summed E-state index contributed by atoms with van der Waals surface area (Å²) in [5.74, 6) is 0.433. The van der Waals surface area contributed by atoms with E-state index in [1.54, 1.807) is 11.3 Å². The molecule has 1 unspecified atom stereocenters. The lowest BCUT2D eigenvalue weighted by Gasteiger charge is -2.14. The molecule has 3 heteroatoms. The molecule has 0 aliphatic rings. The molecule has 0 spiro atoms. The van der Waals surface area contributed by atoms with E-state index in [2.05, 4.69) is 52.3 Å². The number of halogens is 1. The van der Waals surface area contributed by atoms with Crippen molar-refractivity contribution in [3.8, 4) is 0 Å². The molecular formula is C13H14BrNS. The Morgan fingerprint density at radius 3 is 2.44 bits per heavy atom. The first kappa shape index (κ1) is 11.8. The van der Waals surface area contributed by atoms with E-state index in [-0.39, 0.29) is 0 Å². The van der Waals surface area contributed by atoms with Crippen molar-refractivity contribution in [2.24, 2.45) is 5.73 Å². The lowest BCUT2D eigenvalue weighted by Crippen LogP contribution is -2.07. The molecule has 0 fully saturated rings. The van der Waals surface area contributed by atoms with Crippen molar-refractivity contribution >= 4 is 27.3 Å². The third-order valence-electron chi connectivity index (χ3n) is 2.59. The molecule has 0 aliphatic heterocycles. The van der Waals surface area contributed by atoms with Gasteiger partial charge in [0.2, 0.25) is 0 Å². The maximum atomic E-state index is 5.70. The molecule has 1 nitrogen and oxygen atoms in total. The summed E-state index contributed by atoms with van der Waals surface area (Å²) in [6.45, 7) is 0.717. The van der Waals surface area contributed by atoms with Crippen LogP contribution in [0.1, 0.15) is 22.8 Å². The molecule has 2 N–H and O–H groups in total. The Balaban J connectivity index is 2.31. The fourth-order valence-corrected chi connectivity index (χ4v) is 3.43. The van der Waals surface area contributed by atoms with E-state index >= 15 is 0 Å². The summed E-state index contributed by atoms with van der Waals surface area (Å²) < 4.78 is 1.18. The smallest absolute Gasteiger partial charge is 0.0701 e. The Bertz CT molecular complexity index is 438. The molecule has 0 bridgehead atoms. The third-order valence-corrected chi connectivity index (χ3v) is 4.33. The Morgan fingerprint density at radius 2 is 1.88 bits per heavy atom.